The molecule has 3 nitrogen and oxygen atoms in total. The number of nitrogens with zero attached hydrogens (tertiary/aromatic N) is 1. The van der Waals surface area contributed by atoms with Crippen molar-refractivity contribution in [1.82, 2.24) is 0 Å². The molecule has 5 heteroatoms. The number of carbonyl (C=O) groups excluding carboxylic acids is 1. The third kappa shape index (κ3) is 3.10. The second-order valence-electron chi connectivity index (χ2n) is 6.65. The molecule has 2 unspecified atom stereocenters. The van der Waals surface area contributed by atoms with Crippen LogP contribution in [0.2, 0.25) is 0 Å². The highest BCUT2D eigenvalue weighted by Gasteiger charge is 2.41. The zero-order valence-corrected chi connectivity index (χ0v) is 14.4. The van der Waals surface area contributed by atoms with Crippen LogP contribution in [-0.4, -0.2) is 24.8 Å². The summed E-state index contributed by atoms with van der Waals surface area (Å²) in [6, 6.07) is 12.9. The lowest BCUT2D eigenvalue weighted by Gasteiger charge is -2.29. The minimum absolute atomic E-state index is 0.0944. The Labute approximate surface area is 155 Å². The van der Waals surface area contributed by atoms with Gasteiger partial charge in [0.2, 0.25) is 5.90 Å². The topological polar surface area (TPSA) is 38.7 Å². The van der Waals surface area contributed by atoms with Crippen molar-refractivity contribution in [2.75, 3.05) is 6.61 Å². The lowest BCUT2D eigenvalue weighted by molar-refractivity contribution is -0.115. The molecule has 136 valence electrons. The molecule has 4 rings (SSSR count). The molecule has 2 aromatic rings. The number of carbonyl (C=O) groups is 1. The Kier molecular flexibility index (Phi) is 4.44. The first kappa shape index (κ1) is 17.3. The number of aliphatic imine (C=N–C) groups is 1. The molecule has 2 atom stereocenters. The van der Waals surface area contributed by atoms with E-state index in [0.29, 0.717) is 6.42 Å². The maximum absolute atomic E-state index is 14.0. The summed E-state index contributed by atoms with van der Waals surface area (Å²) >= 11 is 0. The van der Waals surface area contributed by atoms with E-state index < -0.39 is 23.1 Å². The molecule has 0 aromatic heterocycles. The van der Waals surface area contributed by atoms with Gasteiger partial charge < -0.3 is 9.53 Å². The number of rotatable bonds is 4. The van der Waals surface area contributed by atoms with Crippen LogP contribution in [-0.2, 0) is 9.53 Å². The molecule has 0 amide bonds. The Hall–Kier alpha value is -3.08. The second kappa shape index (κ2) is 6.91. The SMILES string of the molecule is O=CC1(C2COC(c3c(F)cccc3F)=N2)C=CC(c2ccccc2)=CC1. The van der Waals surface area contributed by atoms with Gasteiger partial charge in [0.15, 0.2) is 0 Å². The molecule has 0 saturated carbocycles. The first-order chi connectivity index (χ1) is 13.1. The van der Waals surface area contributed by atoms with E-state index in [2.05, 4.69) is 4.99 Å². The molecule has 0 spiro atoms. The van der Waals surface area contributed by atoms with Crippen molar-refractivity contribution in [2.24, 2.45) is 10.4 Å². The number of hydrogen-bond donors (Lipinski definition) is 0. The van der Waals surface area contributed by atoms with E-state index >= 15 is 0 Å². The number of hydrogen-bond acceptors (Lipinski definition) is 3. The van der Waals surface area contributed by atoms with Crippen molar-refractivity contribution in [3.05, 3.63) is 89.5 Å². The first-order valence-electron chi connectivity index (χ1n) is 8.69. The molecular formula is C22H17F2NO2. The Morgan fingerprint density at radius 3 is 2.44 bits per heavy atom. The summed E-state index contributed by atoms with van der Waals surface area (Å²) in [5, 5.41) is 0. The summed E-state index contributed by atoms with van der Waals surface area (Å²) in [6.07, 6.45) is 6.99. The fraction of sp³-hybridized carbons (Fsp3) is 0.182. The highest BCUT2D eigenvalue weighted by molar-refractivity contribution is 5.96. The Bertz CT molecular complexity index is 945. The quantitative estimate of drug-likeness (QED) is 0.756. The minimum Gasteiger partial charge on any atom is -0.475 e. The average Bonchev–Trinajstić information content (AvgIpc) is 3.19. The molecule has 2 aliphatic rings. The molecule has 2 aromatic carbocycles. The normalized spacial score (nSPS) is 24.1. The lowest BCUT2D eigenvalue weighted by Crippen LogP contribution is -2.35. The van der Waals surface area contributed by atoms with Crippen molar-refractivity contribution in [1.29, 1.82) is 0 Å². The summed E-state index contributed by atoms with van der Waals surface area (Å²) < 4.78 is 33.4. The van der Waals surface area contributed by atoms with E-state index in [1.54, 1.807) is 0 Å². The molecule has 0 bridgehead atoms. The maximum Gasteiger partial charge on any atom is 0.222 e. The standard InChI is InChI=1S/C22H17F2NO2/c23-17-7-4-8-18(24)20(17)21-25-19(13-27-21)22(14-26)11-9-16(10-12-22)15-5-2-1-3-6-15/h1-11,14,19H,12-13H2. The van der Waals surface area contributed by atoms with Gasteiger partial charge in [-0.05, 0) is 29.7 Å². The Balaban J connectivity index is 1.62. The van der Waals surface area contributed by atoms with Gasteiger partial charge >= 0.3 is 0 Å². The highest BCUT2D eigenvalue weighted by atomic mass is 19.1. The Morgan fingerprint density at radius 2 is 1.81 bits per heavy atom. The van der Waals surface area contributed by atoms with E-state index in [1.807, 2.05) is 48.6 Å². The second-order valence-corrected chi connectivity index (χ2v) is 6.65. The van der Waals surface area contributed by atoms with Crippen molar-refractivity contribution in [2.45, 2.75) is 12.5 Å². The first-order valence-corrected chi connectivity index (χ1v) is 8.69. The maximum atomic E-state index is 14.0. The fourth-order valence-corrected chi connectivity index (χ4v) is 3.41. The molecule has 1 aliphatic carbocycles. The van der Waals surface area contributed by atoms with Gasteiger partial charge in [0, 0.05) is 0 Å². The van der Waals surface area contributed by atoms with E-state index in [1.165, 1.54) is 6.07 Å². The third-order valence-electron chi connectivity index (χ3n) is 5.02. The molecule has 0 N–H and O–H groups in total. The number of aldehydes is 1. The highest BCUT2D eigenvalue weighted by Crippen LogP contribution is 2.38. The van der Waals surface area contributed by atoms with Crippen LogP contribution in [0.25, 0.3) is 5.57 Å². The monoisotopic (exact) mass is 365 g/mol. The van der Waals surface area contributed by atoms with Crippen LogP contribution in [0.1, 0.15) is 17.5 Å². The summed E-state index contributed by atoms with van der Waals surface area (Å²) in [4.78, 5) is 16.3. The van der Waals surface area contributed by atoms with E-state index in [9.17, 15) is 13.6 Å². The number of benzene rings is 2. The van der Waals surface area contributed by atoms with Crippen molar-refractivity contribution in [3.8, 4) is 0 Å². The molecule has 0 radical (unpaired) electrons. The summed E-state index contributed by atoms with van der Waals surface area (Å²) in [5.41, 5.74) is 0.910. The van der Waals surface area contributed by atoms with E-state index in [4.69, 9.17) is 4.74 Å². The molecule has 27 heavy (non-hydrogen) atoms. The lowest BCUT2D eigenvalue weighted by atomic mass is 9.75. The zero-order chi connectivity index (χ0) is 18.9. The largest absolute Gasteiger partial charge is 0.475 e. The smallest absolute Gasteiger partial charge is 0.222 e. The van der Waals surface area contributed by atoms with E-state index in [-0.39, 0.29) is 18.1 Å². The molecule has 1 aliphatic heterocycles. The van der Waals surface area contributed by atoms with Gasteiger partial charge in [-0.2, -0.15) is 0 Å². The molecule has 1 heterocycles. The summed E-state index contributed by atoms with van der Waals surface area (Å²) in [5.74, 6) is -1.57. The van der Waals surface area contributed by atoms with Gasteiger partial charge in [-0.25, -0.2) is 13.8 Å². The molecule has 0 fully saturated rings. The average molecular weight is 365 g/mol. The Morgan fingerprint density at radius 1 is 1.07 bits per heavy atom. The van der Waals surface area contributed by atoms with Crippen LogP contribution < -0.4 is 0 Å². The van der Waals surface area contributed by atoms with Crippen LogP contribution in [0, 0.1) is 17.0 Å². The molecule has 0 saturated heterocycles. The van der Waals surface area contributed by atoms with Gasteiger partial charge in [-0.15, -0.1) is 0 Å². The van der Waals surface area contributed by atoms with Crippen LogP contribution in [0.5, 0.6) is 0 Å². The molecular weight excluding hydrogens is 348 g/mol. The predicted octanol–water partition coefficient (Wildman–Crippen LogP) is 4.34. The summed E-state index contributed by atoms with van der Waals surface area (Å²) in [6.45, 7) is 0.0979. The van der Waals surface area contributed by atoms with E-state index in [0.717, 1.165) is 29.6 Å². The van der Waals surface area contributed by atoms with Crippen molar-refractivity contribution >= 4 is 17.8 Å². The van der Waals surface area contributed by atoms with Crippen molar-refractivity contribution < 1.29 is 18.3 Å². The third-order valence-corrected chi connectivity index (χ3v) is 5.02. The zero-order valence-electron chi connectivity index (χ0n) is 14.4. The van der Waals surface area contributed by atoms with Crippen LogP contribution in [0.3, 0.4) is 0 Å². The van der Waals surface area contributed by atoms with Gasteiger partial charge in [0.25, 0.3) is 0 Å². The van der Waals surface area contributed by atoms with Crippen LogP contribution in [0.4, 0.5) is 8.78 Å². The minimum atomic E-state index is -0.887. The van der Waals surface area contributed by atoms with Gasteiger partial charge in [-0.1, -0.05) is 54.6 Å². The number of ether oxygens (including phenoxy) is 1. The van der Waals surface area contributed by atoms with Gasteiger partial charge in [-0.3, -0.25) is 0 Å². The fourth-order valence-electron chi connectivity index (χ4n) is 3.41. The van der Waals surface area contributed by atoms with Crippen LogP contribution >= 0.6 is 0 Å². The van der Waals surface area contributed by atoms with Crippen LogP contribution in [0.15, 0.2) is 71.8 Å². The van der Waals surface area contributed by atoms with Crippen molar-refractivity contribution in [3.63, 3.8) is 0 Å². The van der Waals surface area contributed by atoms with Gasteiger partial charge in [0.05, 0.1) is 5.41 Å². The number of allylic oxidation sites excluding steroid dienone is 3. The van der Waals surface area contributed by atoms with Gasteiger partial charge in [0.1, 0.15) is 36.1 Å². The predicted molar refractivity (Wildman–Crippen MR) is 99.3 cm³/mol. The number of halogens is 2. The summed E-state index contributed by atoms with van der Waals surface area (Å²) in [7, 11) is 0.